The summed E-state index contributed by atoms with van der Waals surface area (Å²) in [6, 6.07) is 7.69. The lowest BCUT2D eigenvalue weighted by Gasteiger charge is -2.15. The molecule has 0 saturated heterocycles. The van der Waals surface area contributed by atoms with E-state index in [0.717, 1.165) is 39.7 Å². The second-order valence-electron chi connectivity index (χ2n) is 7.14. The van der Waals surface area contributed by atoms with Gasteiger partial charge in [-0.05, 0) is 51.8 Å². The van der Waals surface area contributed by atoms with Gasteiger partial charge in [-0.3, -0.25) is 4.99 Å². The van der Waals surface area contributed by atoms with Gasteiger partial charge in [0, 0.05) is 29.0 Å². The molecule has 1 aliphatic heterocycles. The number of likely N-dealkylation sites (N-methyl/N-ethyl adjacent to an activating group) is 1. The third-order valence-electron chi connectivity index (χ3n) is 4.85. The van der Waals surface area contributed by atoms with Crippen molar-refractivity contribution in [3.8, 4) is 17.1 Å². The lowest BCUT2D eigenvalue weighted by atomic mass is 10.0. The Balaban J connectivity index is 1.97. The van der Waals surface area contributed by atoms with Crippen LogP contribution in [-0.2, 0) is 0 Å². The number of thioether (sulfide) groups is 1. The molecule has 0 spiro atoms. The average Bonchev–Trinajstić information content (AvgIpc) is 3.05. The SMILES string of the molecule is CNCC(O)COc1cccc(-c2nc(SC)c(C)c(C3=C(C)CN=C3C)n2)c1. The van der Waals surface area contributed by atoms with Gasteiger partial charge in [-0.25, -0.2) is 9.97 Å². The number of hydrogen-bond donors (Lipinski definition) is 2. The highest BCUT2D eigenvalue weighted by atomic mass is 32.2. The summed E-state index contributed by atoms with van der Waals surface area (Å²) in [5.74, 6) is 1.35. The highest BCUT2D eigenvalue weighted by Crippen LogP contribution is 2.33. The fourth-order valence-electron chi connectivity index (χ4n) is 3.36. The minimum absolute atomic E-state index is 0.224. The summed E-state index contributed by atoms with van der Waals surface area (Å²) in [5, 5.41) is 13.8. The molecule has 154 valence electrons. The predicted octanol–water partition coefficient (Wildman–Crippen LogP) is 3.38. The molecule has 1 atom stereocenters. The molecule has 0 saturated carbocycles. The summed E-state index contributed by atoms with van der Waals surface area (Å²) in [4.78, 5) is 14.3. The molecule has 1 unspecified atom stereocenters. The van der Waals surface area contributed by atoms with Crippen molar-refractivity contribution < 1.29 is 9.84 Å². The molecule has 2 N–H and O–H groups in total. The third kappa shape index (κ3) is 4.86. The molecule has 7 heteroatoms. The third-order valence-corrected chi connectivity index (χ3v) is 5.63. The van der Waals surface area contributed by atoms with E-state index in [0.29, 0.717) is 18.1 Å². The van der Waals surface area contributed by atoms with Crippen molar-refractivity contribution in [1.29, 1.82) is 0 Å². The molecule has 2 aromatic rings. The van der Waals surface area contributed by atoms with Crippen molar-refractivity contribution in [2.24, 2.45) is 4.99 Å². The molecule has 3 rings (SSSR count). The van der Waals surface area contributed by atoms with Gasteiger partial charge in [0.15, 0.2) is 5.82 Å². The number of allylic oxidation sites excluding steroid dienone is 1. The first-order valence-corrected chi connectivity index (χ1v) is 10.9. The van der Waals surface area contributed by atoms with Gasteiger partial charge in [0.1, 0.15) is 23.5 Å². The molecule has 1 aromatic heterocycles. The summed E-state index contributed by atoms with van der Waals surface area (Å²) in [5.41, 5.74) is 6.30. The van der Waals surface area contributed by atoms with Crippen molar-refractivity contribution in [3.05, 3.63) is 41.1 Å². The number of hydrogen-bond acceptors (Lipinski definition) is 7. The fourth-order valence-corrected chi connectivity index (χ4v) is 3.94. The van der Waals surface area contributed by atoms with Crippen molar-refractivity contribution in [2.75, 3.05) is 33.0 Å². The van der Waals surface area contributed by atoms with Crippen LogP contribution < -0.4 is 10.1 Å². The molecule has 1 aromatic carbocycles. The molecule has 0 amide bonds. The molecule has 1 aliphatic rings. The molecule has 0 radical (unpaired) electrons. The predicted molar refractivity (Wildman–Crippen MR) is 120 cm³/mol. The van der Waals surface area contributed by atoms with Gasteiger partial charge in [-0.2, -0.15) is 0 Å². The monoisotopic (exact) mass is 412 g/mol. The molecular weight excluding hydrogens is 384 g/mol. The number of rotatable bonds is 8. The van der Waals surface area contributed by atoms with E-state index >= 15 is 0 Å². The van der Waals surface area contributed by atoms with Crippen LogP contribution in [0.15, 0.2) is 39.9 Å². The van der Waals surface area contributed by atoms with Crippen LogP contribution in [0.4, 0.5) is 0 Å². The number of ether oxygens (including phenoxy) is 1. The second-order valence-corrected chi connectivity index (χ2v) is 7.93. The Hall–Kier alpha value is -2.22. The quantitative estimate of drug-likeness (QED) is 0.511. The van der Waals surface area contributed by atoms with Crippen LogP contribution in [0.1, 0.15) is 25.1 Å². The van der Waals surface area contributed by atoms with Gasteiger partial charge in [-0.1, -0.05) is 12.1 Å². The number of aliphatic hydroxyl groups is 1. The van der Waals surface area contributed by atoms with Crippen LogP contribution in [-0.4, -0.2) is 59.9 Å². The smallest absolute Gasteiger partial charge is 0.161 e. The zero-order valence-electron chi connectivity index (χ0n) is 17.6. The molecule has 0 aliphatic carbocycles. The number of aromatic nitrogens is 2. The van der Waals surface area contributed by atoms with Gasteiger partial charge >= 0.3 is 0 Å². The number of nitrogens with one attached hydrogen (secondary N) is 1. The van der Waals surface area contributed by atoms with Crippen LogP contribution in [0.25, 0.3) is 17.0 Å². The Kier molecular flexibility index (Phi) is 7.05. The maximum absolute atomic E-state index is 9.87. The largest absolute Gasteiger partial charge is 0.491 e. The Morgan fingerprint density at radius 3 is 2.69 bits per heavy atom. The topological polar surface area (TPSA) is 79.6 Å². The first-order chi connectivity index (χ1) is 13.9. The fraction of sp³-hybridized carbons (Fsp3) is 0.409. The van der Waals surface area contributed by atoms with Gasteiger partial charge in [0.25, 0.3) is 0 Å². The first kappa shape index (κ1) is 21.5. The van der Waals surface area contributed by atoms with E-state index < -0.39 is 6.10 Å². The minimum atomic E-state index is -0.562. The number of nitrogens with zero attached hydrogens (tertiary/aromatic N) is 3. The van der Waals surface area contributed by atoms with Crippen LogP contribution in [0, 0.1) is 6.92 Å². The van der Waals surface area contributed by atoms with E-state index in [2.05, 4.69) is 24.2 Å². The Labute approximate surface area is 176 Å². The summed E-state index contributed by atoms with van der Waals surface area (Å²) in [6.45, 7) is 7.65. The van der Waals surface area contributed by atoms with E-state index in [4.69, 9.17) is 14.7 Å². The lowest BCUT2D eigenvalue weighted by Crippen LogP contribution is -2.29. The lowest BCUT2D eigenvalue weighted by molar-refractivity contribution is 0.108. The van der Waals surface area contributed by atoms with Gasteiger partial charge < -0.3 is 15.2 Å². The van der Waals surface area contributed by atoms with Crippen LogP contribution >= 0.6 is 11.8 Å². The highest BCUT2D eigenvalue weighted by molar-refractivity contribution is 7.98. The second kappa shape index (κ2) is 9.52. The van der Waals surface area contributed by atoms with Crippen molar-refractivity contribution in [2.45, 2.75) is 31.9 Å². The zero-order chi connectivity index (χ0) is 21.0. The normalized spacial score (nSPS) is 14.9. The van der Waals surface area contributed by atoms with Gasteiger partial charge in [0.05, 0.1) is 12.2 Å². The van der Waals surface area contributed by atoms with E-state index in [-0.39, 0.29) is 6.61 Å². The van der Waals surface area contributed by atoms with Crippen molar-refractivity contribution >= 4 is 23.0 Å². The number of benzene rings is 1. The molecule has 2 heterocycles. The maximum Gasteiger partial charge on any atom is 0.161 e. The first-order valence-electron chi connectivity index (χ1n) is 9.64. The van der Waals surface area contributed by atoms with E-state index in [9.17, 15) is 5.11 Å². The summed E-state index contributed by atoms with van der Waals surface area (Å²) in [6.07, 6.45) is 1.47. The van der Waals surface area contributed by atoms with E-state index in [1.54, 1.807) is 18.8 Å². The van der Waals surface area contributed by atoms with Crippen LogP contribution in [0.5, 0.6) is 5.75 Å². The standard InChI is InChI=1S/C22H28N4O2S/c1-13-10-24-15(3)19(13)20-14(2)22(29-5)26-21(25-20)16-7-6-8-18(9-16)28-12-17(27)11-23-4/h6-9,17,23,27H,10-12H2,1-5H3. The van der Waals surface area contributed by atoms with E-state index in [1.165, 1.54) is 5.57 Å². The zero-order valence-corrected chi connectivity index (χ0v) is 18.4. The average molecular weight is 413 g/mol. The van der Waals surface area contributed by atoms with Gasteiger partial charge in [0.2, 0.25) is 0 Å². The molecule has 0 bridgehead atoms. The molecule has 0 fully saturated rings. The van der Waals surface area contributed by atoms with Crippen LogP contribution in [0.2, 0.25) is 0 Å². The minimum Gasteiger partial charge on any atom is -0.491 e. The van der Waals surface area contributed by atoms with Crippen molar-refractivity contribution in [1.82, 2.24) is 15.3 Å². The van der Waals surface area contributed by atoms with Crippen LogP contribution in [0.3, 0.4) is 0 Å². The number of aliphatic imine (C=N–C) groups is 1. The Bertz CT molecular complexity index is 956. The highest BCUT2D eigenvalue weighted by Gasteiger charge is 2.21. The van der Waals surface area contributed by atoms with E-state index in [1.807, 2.05) is 37.4 Å². The summed E-state index contributed by atoms with van der Waals surface area (Å²) in [7, 11) is 1.80. The Morgan fingerprint density at radius 1 is 1.24 bits per heavy atom. The summed E-state index contributed by atoms with van der Waals surface area (Å²) >= 11 is 1.62. The maximum atomic E-state index is 9.87. The molecule has 6 nitrogen and oxygen atoms in total. The summed E-state index contributed by atoms with van der Waals surface area (Å²) < 4.78 is 5.75. The molecule has 29 heavy (non-hydrogen) atoms. The van der Waals surface area contributed by atoms with Gasteiger partial charge in [-0.15, -0.1) is 11.8 Å². The number of aliphatic hydroxyl groups excluding tert-OH is 1. The Morgan fingerprint density at radius 2 is 2.03 bits per heavy atom. The molecular formula is C22H28N4O2S. The van der Waals surface area contributed by atoms with Crippen molar-refractivity contribution in [3.63, 3.8) is 0 Å².